The van der Waals surface area contributed by atoms with E-state index in [2.05, 4.69) is 5.10 Å². The van der Waals surface area contributed by atoms with E-state index in [1.165, 1.54) is 12.4 Å². The van der Waals surface area contributed by atoms with Crippen molar-refractivity contribution in [2.45, 2.75) is 37.1 Å². The third-order valence-electron chi connectivity index (χ3n) is 2.80. The van der Waals surface area contributed by atoms with E-state index in [1.54, 1.807) is 4.68 Å². The summed E-state index contributed by atoms with van der Waals surface area (Å²) in [6.45, 7) is 0. The van der Waals surface area contributed by atoms with Crippen molar-refractivity contribution in [3.63, 3.8) is 0 Å². The lowest BCUT2D eigenvalue weighted by molar-refractivity contribution is -0.385. The Morgan fingerprint density at radius 1 is 1.47 bits per heavy atom. The highest BCUT2D eigenvalue weighted by Gasteiger charge is 2.22. The summed E-state index contributed by atoms with van der Waals surface area (Å²) in [6, 6.07) is 0.272. The van der Waals surface area contributed by atoms with Crippen LogP contribution >= 0.6 is 11.6 Å². The molecule has 1 heterocycles. The predicted octanol–water partition coefficient (Wildman–Crippen LogP) is 2.51. The molecule has 0 spiro atoms. The predicted molar refractivity (Wildman–Crippen MR) is 56.0 cm³/mol. The van der Waals surface area contributed by atoms with Gasteiger partial charge in [0, 0.05) is 5.38 Å². The van der Waals surface area contributed by atoms with E-state index in [-0.39, 0.29) is 17.1 Å². The van der Waals surface area contributed by atoms with Gasteiger partial charge in [0.2, 0.25) is 0 Å². The Balaban J connectivity index is 2.06. The van der Waals surface area contributed by atoms with Gasteiger partial charge in [0.05, 0.1) is 11.0 Å². The molecule has 0 unspecified atom stereocenters. The lowest BCUT2D eigenvalue weighted by Crippen LogP contribution is -2.18. The van der Waals surface area contributed by atoms with Crippen molar-refractivity contribution in [3.8, 4) is 0 Å². The fraction of sp³-hybridized carbons (Fsp3) is 0.667. The number of aromatic nitrogens is 2. The number of alkyl halides is 1. The number of nitrogens with zero attached hydrogens (tertiary/aromatic N) is 3. The zero-order valence-corrected chi connectivity index (χ0v) is 8.93. The van der Waals surface area contributed by atoms with Crippen LogP contribution in [0.4, 0.5) is 5.69 Å². The summed E-state index contributed by atoms with van der Waals surface area (Å²) in [5, 5.41) is 14.8. The van der Waals surface area contributed by atoms with Crippen LogP contribution in [0.5, 0.6) is 0 Å². The molecule has 0 aromatic carbocycles. The summed E-state index contributed by atoms with van der Waals surface area (Å²) in [5.74, 6) is 0. The zero-order chi connectivity index (χ0) is 10.8. The molecule has 1 aliphatic carbocycles. The first-order chi connectivity index (χ1) is 7.16. The normalized spacial score (nSPS) is 26.5. The molecule has 5 nitrogen and oxygen atoms in total. The number of rotatable bonds is 2. The van der Waals surface area contributed by atoms with Crippen molar-refractivity contribution >= 4 is 17.3 Å². The third kappa shape index (κ3) is 2.28. The topological polar surface area (TPSA) is 61.0 Å². The van der Waals surface area contributed by atoms with Crippen molar-refractivity contribution < 1.29 is 4.92 Å². The molecule has 0 radical (unpaired) electrons. The smallest absolute Gasteiger partial charge is 0.263 e. The first kappa shape index (κ1) is 10.4. The molecule has 6 heteroatoms. The maximum Gasteiger partial charge on any atom is 0.307 e. The summed E-state index contributed by atoms with van der Waals surface area (Å²) >= 11 is 5.99. The lowest BCUT2D eigenvalue weighted by Gasteiger charge is -2.24. The first-order valence-corrected chi connectivity index (χ1v) is 5.43. The summed E-state index contributed by atoms with van der Waals surface area (Å²) in [5.41, 5.74) is 0.0583. The molecule has 0 N–H and O–H groups in total. The zero-order valence-electron chi connectivity index (χ0n) is 8.17. The molecule has 0 aliphatic heterocycles. The van der Waals surface area contributed by atoms with Crippen molar-refractivity contribution in [1.29, 1.82) is 0 Å². The number of halogens is 1. The molecule has 1 aliphatic rings. The Labute approximate surface area is 92.2 Å². The second kappa shape index (κ2) is 4.18. The molecular formula is C9H12ClN3O2. The van der Waals surface area contributed by atoms with Crippen molar-refractivity contribution in [2.75, 3.05) is 0 Å². The standard InChI is InChI=1S/C9H12ClN3O2/c10-7-1-3-8(4-2-7)12-6-9(5-11-12)13(14)15/h5-8H,1-4H2. The molecule has 15 heavy (non-hydrogen) atoms. The van der Waals surface area contributed by atoms with Gasteiger partial charge in [0.25, 0.3) is 0 Å². The van der Waals surface area contributed by atoms with Crippen molar-refractivity contribution in [1.82, 2.24) is 9.78 Å². The molecule has 0 saturated heterocycles. The average Bonchev–Trinajstić information content (AvgIpc) is 2.68. The maximum absolute atomic E-state index is 10.5. The van der Waals surface area contributed by atoms with Gasteiger partial charge in [-0.05, 0) is 25.7 Å². The number of nitro groups is 1. The van der Waals surface area contributed by atoms with Gasteiger partial charge in [-0.15, -0.1) is 11.6 Å². The molecule has 0 bridgehead atoms. The van der Waals surface area contributed by atoms with Crippen LogP contribution in [0.25, 0.3) is 0 Å². The van der Waals surface area contributed by atoms with Crippen LogP contribution < -0.4 is 0 Å². The van der Waals surface area contributed by atoms with Gasteiger partial charge < -0.3 is 0 Å². The van der Waals surface area contributed by atoms with Crippen LogP contribution in [0.2, 0.25) is 0 Å². The number of hydrogen-bond acceptors (Lipinski definition) is 3. The van der Waals surface area contributed by atoms with Crippen LogP contribution in [0.3, 0.4) is 0 Å². The van der Waals surface area contributed by atoms with Gasteiger partial charge in [-0.1, -0.05) is 0 Å². The molecule has 0 atom stereocenters. The monoisotopic (exact) mass is 229 g/mol. The highest BCUT2D eigenvalue weighted by molar-refractivity contribution is 6.20. The van der Waals surface area contributed by atoms with Gasteiger partial charge in [-0.2, -0.15) is 5.10 Å². The lowest BCUT2D eigenvalue weighted by atomic mass is 9.95. The minimum Gasteiger partial charge on any atom is -0.263 e. The van der Waals surface area contributed by atoms with Crippen molar-refractivity contribution in [3.05, 3.63) is 22.5 Å². The highest BCUT2D eigenvalue weighted by Crippen LogP contribution is 2.31. The van der Waals surface area contributed by atoms with Crippen molar-refractivity contribution in [2.24, 2.45) is 0 Å². The average molecular weight is 230 g/mol. The molecule has 82 valence electrons. The SMILES string of the molecule is O=[N+]([O-])c1cnn(C2CCC(Cl)CC2)c1. The van der Waals surface area contributed by atoms with Gasteiger partial charge in [0.15, 0.2) is 0 Å². The Morgan fingerprint density at radius 2 is 2.13 bits per heavy atom. The minimum absolute atomic E-state index is 0.0583. The van der Waals surface area contributed by atoms with Crippen LogP contribution in [0.1, 0.15) is 31.7 Å². The Bertz CT molecular complexity index is 358. The third-order valence-corrected chi connectivity index (χ3v) is 3.24. The molecular weight excluding hydrogens is 218 g/mol. The largest absolute Gasteiger partial charge is 0.307 e. The van der Waals surface area contributed by atoms with Crippen LogP contribution in [0.15, 0.2) is 12.4 Å². The maximum atomic E-state index is 10.5. The van der Waals surface area contributed by atoms with E-state index in [9.17, 15) is 10.1 Å². The van der Waals surface area contributed by atoms with Crippen LogP contribution in [-0.4, -0.2) is 20.1 Å². The van der Waals surface area contributed by atoms with Gasteiger partial charge in [-0.3, -0.25) is 14.8 Å². The Morgan fingerprint density at radius 3 is 2.67 bits per heavy atom. The molecule has 2 rings (SSSR count). The molecule has 1 aromatic rings. The number of hydrogen-bond donors (Lipinski definition) is 0. The second-order valence-corrected chi connectivity index (χ2v) is 4.46. The molecule has 1 fully saturated rings. The van der Waals surface area contributed by atoms with E-state index in [0.717, 1.165) is 25.7 Å². The molecule has 1 saturated carbocycles. The summed E-state index contributed by atoms with van der Waals surface area (Å²) in [7, 11) is 0. The fourth-order valence-corrected chi connectivity index (χ4v) is 2.17. The highest BCUT2D eigenvalue weighted by atomic mass is 35.5. The van der Waals surface area contributed by atoms with Crippen LogP contribution in [-0.2, 0) is 0 Å². The van der Waals surface area contributed by atoms with E-state index >= 15 is 0 Å². The van der Waals surface area contributed by atoms with E-state index in [0.29, 0.717) is 0 Å². The van der Waals surface area contributed by atoms with E-state index < -0.39 is 4.92 Å². The second-order valence-electron chi connectivity index (χ2n) is 3.84. The summed E-state index contributed by atoms with van der Waals surface area (Å²) in [6.07, 6.45) is 6.62. The Hall–Kier alpha value is -1.10. The van der Waals surface area contributed by atoms with E-state index in [1.807, 2.05) is 0 Å². The quantitative estimate of drug-likeness (QED) is 0.445. The fourth-order valence-electron chi connectivity index (χ4n) is 1.92. The van der Waals surface area contributed by atoms with E-state index in [4.69, 9.17) is 11.6 Å². The summed E-state index contributed by atoms with van der Waals surface area (Å²) < 4.78 is 1.70. The Kier molecular flexibility index (Phi) is 2.90. The van der Waals surface area contributed by atoms with Gasteiger partial charge in [-0.25, -0.2) is 0 Å². The first-order valence-electron chi connectivity index (χ1n) is 4.99. The van der Waals surface area contributed by atoms with Gasteiger partial charge >= 0.3 is 5.69 Å². The minimum atomic E-state index is -0.420. The van der Waals surface area contributed by atoms with Crippen LogP contribution in [0, 0.1) is 10.1 Å². The molecule has 0 amide bonds. The molecule has 1 aromatic heterocycles. The summed E-state index contributed by atoms with van der Waals surface area (Å²) in [4.78, 5) is 10.1. The van der Waals surface area contributed by atoms with Gasteiger partial charge in [0.1, 0.15) is 12.4 Å².